The lowest BCUT2D eigenvalue weighted by atomic mass is 10.1. The first-order chi connectivity index (χ1) is 7.31. The summed E-state index contributed by atoms with van der Waals surface area (Å²) in [6.45, 7) is 6.34. The lowest BCUT2D eigenvalue weighted by molar-refractivity contribution is 0.409. The number of aryl methyl sites for hydroxylation is 1. The summed E-state index contributed by atoms with van der Waals surface area (Å²) in [5.41, 5.74) is 2.68. The molecular formula is C13H21NO. The van der Waals surface area contributed by atoms with Crippen LogP contribution in [0.4, 0.5) is 0 Å². The highest BCUT2D eigenvalue weighted by Crippen LogP contribution is 2.20. The largest absolute Gasteiger partial charge is 0.496 e. The highest BCUT2D eigenvalue weighted by molar-refractivity contribution is 5.37. The van der Waals surface area contributed by atoms with Crippen LogP contribution in [0.15, 0.2) is 18.2 Å². The smallest absolute Gasteiger partial charge is 0.122 e. The van der Waals surface area contributed by atoms with Crippen molar-refractivity contribution in [2.75, 3.05) is 20.2 Å². The summed E-state index contributed by atoms with van der Waals surface area (Å²) in [5, 5.41) is 3.33. The highest BCUT2D eigenvalue weighted by Gasteiger charge is 2.03. The molecule has 0 bridgehead atoms. The van der Waals surface area contributed by atoms with E-state index in [0.29, 0.717) is 0 Å². The Hall–Kier alpha value is -1.02. The van der Waals surface area contributed by atoms with Crippen LogP contribution in [0.25, 0.3) is 0 Å². The average molecular weight is 207 g/mol. The molecule has 1 aromatic carbocycles. The van der Waals surface area contributed by atoms with Gasteiger partial charge < -0.3 is 10.1 Å². The van der Waals surface area contributed by atoms with E-state index >= 15 is 0 Å². The molecule has 0 spiro atoms. The molecule has 0 aromatic heterocycles. The molecule has 0 heterocycles. The number of hydrogen-bond donors (Lipinski definition) is 1. The van der Waals surface area contributed by atoms with Gasteiger partial charge in [-0.15, -0.1) is 0 Å². The average Bonchev–Trinajstić information content (AvgIpc) is 2.29. The van der Waals surface area contributed by atoms with Crippen molar-refractivity contribution in [3.8, 4) is 5.75 Å². The maximum absolute atomic E-state index is 5.35. The fraction of sp³-hybridized carbons (Fsp3) is 0.538. The molecule has 0 amide bonds. The zero-order valence-corrected chi connectivity index (χ0v) is 9.97. The summed E-state index contributed by atoms with van der Waals surface area (Å²) in [5.74, 6) is 1.00. The van der Waals surface area contributed by atoms with Crippen LogP contribution < -0.4 is 10.1 Å². The molecule has 0 saturated carbocycles. The topological polar surface area (TPSA) is 21.3 Å². The van der Waals surface area contributed by atoms with Gasteiger partial charge in [0.25, 0.3) is 0 Å². The van der Waals surface area contributed by atoms with E-state index in [0.717, 1.165) is 31.7 Å². The first-order valence-electron chi connectivity index (χ1n) is 5.68. The van der Waals surface area contributed by atoms with E-state index in [4.69, 9.17) is 4.74 Å². The van der Waals surface area contributed by atoms with Crippen molar-refractivity contribution in [3.05, 3.63) is 29.3 Å². The predicted octanol–water partition coefficient (Wildman–Crippen LogP) is 2.41. The molecule has 1 N–H and O–H groups in total. The van der Waals surface area contributed by atoms with Crippen LogP contribution in [-0.4, -0.2) is 20.2 Å². The van der Waals surface area contributed by atoms with E-state index in [9.17, 15) is 0 Å². The summed E-state index contributed by atoms with van der Waals surface area (Å²) in [7, 11) is 1.73. The second-order valence-corrected chi connectivity index (χ2v) is 3.60. The maximum Gasteiger partial charge on any atom is 0.122 e. The summed E-state index contributed by atoms with van der Waals surface area (Å²) in [6.07, 6.45) is 2.11. The van der Waals surface area contributed by atoms with Crippen molar-refractivity contribution in [1.29, 1.82) is 0 Å². The van der Waals surface area contributed by atoms with Gasteiger partial charge in [0.1, 0.15) is 5.75 Å². The van der Waals surface area contributed by atoms with Gasteiger partial charge in [0.15, 0.2) is 0 Å². The number of benzene rings is 1. The normalized spacial score (nSPS) is 10.3. The van der Waals surface area contributed by atoms with Gasteiger partial charge in [0.2, 0.25) is 0 Å². The standard InChI is InChI=1S/C13H21NO/c1-4-11-6-7-13(15-3)12(10-11)8-9-14-5-2/h6-7,10,14H,4-5,8-9H2,1-3H3. The molecular weight excluding hydrogens is 186 g/mol. The zero-order chi connectivity index (χ0) is 11.1. The van der Waals surface area contributed by atoms with E-state index in [1.807, 2.05) is 0 Å². The Balaban J connectivity index is 2.72. The Morgan fingerprint density at radius 3 is 2.67 bits per heavy atom. The molecule has 1 aromatic rings. The minimum absolute atomic E-state index is 1.00. The molecule has 0 atom stereocenters. The van der Waals surface area contributed by atoms with Crippen molar-refractivity contribution >= 4 is 0 Å². The Labute approximate surface area is 92.6 Å². The van der Waals surface area contributed by atoms with Crippen LogP contribution in [0, 0.1) is 0 Å². The Morgan fingerprint density at radius 1 is 1.27 bits per heavy atom. The third kappa shape index (κ3) is 3.56. The molecule has 15 heavy (non-hydrogen) atoms. The van der Waals surface area contributed by atoms with Crippen molar-refractivity contribution in [1.82, 2.24) is 5.32 Å². The molecule has 0 fully saturated rings. The van der Waals surface area contributed by atoms with Crippen molar-refractivity contribution in [2.24, 2.45) is 0 Å². The van der Waals surface area contributed by atoms with E-state index in [1.54, 1.807) is 7.11 Å². The van der Waals surface area contributed by atoms with Gasteiger partial charge in [-0.1, -0.05) is 26.0 Å². The van der Waals surface area contributed by atoms with Crippen molar-refractivity contribution in [3.63, 3.8) is 0 Å². The number of hydrogen-bond acceptors (Lipinski definition) is 2. The number of rotatable bonds is 6. The molecule has 84 valence electrons. The van der Waals surface area contributed by atoms with Gasteiger partial charge in [-0.2, -0.15) is 0 Å². The third-order valence-corrected chi connectivity index (χ3v) is 2.57. The molecule has 2 heteroatoms. The number of methoxy groups -OCH3 is 1. The Kier molecular flexibility index (Phi) is 5.19. The van der Waals surface area contributed by atoms with Gasteiger partial charge in [-0.05, 0) is 43.1 Å². The predicted molar refractivity (Wildman–Crippen MR) is 64.6 cm³/mol. The molecule has 0 saturated heterocycles. The van der Waals surface area contributed by atoms with Gasteiger partial charge >= 0.3 is 0 Å². The van der Waals surface area contributed by atoms with E-state index < -0.39 is 0 Å². The maximum atomic E-state index is 5.35. The van der Waals surface area contributed by atoms with Gasteiger partial charge in [-0.3, -0.25) is 0 Å². The summed E-state index contributed by atoms with van der Waals surface area (Å²) in [6, 6.07) is 6.45. The van der Waals surface area contributed by atoms with Crippen LogP contribution in [0.3, 0.4) is 0 Å². The molecule has 0 radical (unpaired) electrons. The fourth-order valence-electron chi connectivity index (χ4n) is 1.65. The SMILES string of the molecule is CCNCCc1cc(CC)ccc1OC. The first-order valence-corrected chi connectivity index (χ1v) is 5.68. The zero-order valence-electron chi connectivity index (χ0n) is 9.97. The summed E-state index contributed by atoms with van der Waals surface area (Å²) >= 11 is 0. The van der Waals surface area contributed by atoms with E-state index in [1.165, 1.54) is 11.1 Å². The minimum Gasteiger partial charge on any atom is -0.496 e. The fourth-order valence-corrected chi connectivity index (χ4v) is 1.65. The van der Waals surface area contributed by atoms with Gasteiger partial charge in [-0.25, -0.2) is 0 Å². The first kappa shape index (κ1) is 12.1. The van der Waals surface area contributed by atoms with Crippen LogP contribution in [0.2, 0.25) is 0 Å². The van der Waals surface area contributed by atoms with Crippen LogP contribution in [-0.2, 0) is 12.8 Å². The van der Waals surface area contributed by atoms with Crippen LogP contribution in [0.5, 0.6) is 5.75 Å². The Bertz CT molecular complexity index is 297. The number of nitrogens with one attached hydrogen (secondary N) is 1. The Morgan fingerprint density at radius 2 is 2.07 bits per heavy atom. The molecule has 2 nitrogen and oxygen atoms in total. The van der Waals surface area contributed by atoms with E-state index in [-0.39, 0.29) is 0 Å². The number of likely N-dealkylation sites (N-methyl/N-ethyl adjacent to an activating group) is 1. The molecule has 0 unspecified atom stereocenters. The van der Waals surface area contributed by atoms with Crippen LogP contribution in [0.1, 0.15) is 25.0 Å². The van der Waals surface area contributed by atoms with Gasteiger partial charge in [0.05, 0.1) is 7.11 Å². The lowest BCUT2D eigenvalue weighted by Crippen LogP contribution is -2.16. The second kappa shape index (κ2) is 6.46. The molecule has 0 aliphatic rings. The molecule has 0 aliphatic heterocycles. The van der Waals surface area contributed by atoms with Crippen molar-refractivity contribution in [2.45, 2.75) is 26.7 Å². The second-order valence-electron chi connectivity index (χ2n) is 3.60. The summed E-state index contributed by atoms with van der Waals surface area (Å²) in [4.78, 5) is 0. The van der Waals surface area contributed by atoms with E-state index in [2.05, 4.69) is 37.4 Å². The monoisotopic (exact) mass is 207 g/mol. The number of ether oxygens (including phenoxy) is 1. The van der Waals surface area contributed by atoms with Gasteiger partial charge in [0, 0.05) is 0 Å². The summed E-state index contributed by atoms with van der Waals surface area (Å²) < 4.78 is 5.35. The minimum atomic E-state index is 1.00. The van der Waals surface area contributed by atoms with Crippen molar-refractivity contribution < 1.29 is 4.74 Å². The van der Waals surface area contributed by atoms with Crippen LogP contribution >= 0.6 is 0 Å². The third-order valence-electron chi connectivity index (χ3n) is 2.57. The molecule has 1 rings (SSSR count). The molecule has 0 aliphatic carbocycles. The quantitative estimate of drug-likeness (QED) is 0.723. The highest BCUT2D eigenvalue weighted by atomic mass is 16.5. The lowest BCUT2D eigenvalue weighted by Gasteiger charge is -2.10.